The summed E-state index contributed by atoms with van der Waals surface area (Å²) in [6.45, 7) is 2.01. The van der Waals surface area contributed by atoms with E-state index in [2.05, 4.69) is 15.4 Å². The highest BCUT2D eigenvalue weighted by Gasteiger charge is 2.35. The first kappa shape index (κ1) is 18.9. The predicted octanol–water partition coefficient (Wildman–Crippen LogP) is 1.91. The van der Waals surface area contributed by atoms with Gasteiger partial charge in [-0.3, -0.25) is 9.11 Å². The molecule has 2 saturated heterocycles. The van der Waals surface area contributed by atoms with Gasteiger partial charge in [0.1, 0.15) is 24.3 Å². The molecule has 3 heterocycles. The van der Waals surface area contributed by atoms with Crippen LogP contribution in [0.1, 0.15) is 30.1 Å². The number of tetrazole rings is 1. The molecule has 2 aliphatic rings. The summed E-state index contributed by atoms with van der Waals surface area (Å²) < 4.78 is 46.1. The van der Waals surface area contributed by atoms with Crippen molar-refractivity contribution in [3.8, 4) is 0 Å². The molecule has 8 nitrogen and oxygen atoms in total. The quantitative estimate of drug-likeness (QED) is 0.764. The molecule has 0 N–H and O–H groups in total. The number of aromatic nitrogens is 4. The number of amides is 1. The minimum atomic E-state index is -0.909. The molecule has 0 radical (unpaired) electrons. The van der Waals surface area contributed by atoms with Crippen LogP contribution in [0.25, 0.3) is 0 Å². The van der Waals surface area contributed by atoms with Gasteiger partial charge in [-0.25, -0.2) is 13.6 Å². The number of cyclic esters (lactones) is 1. The van der Waals surface area contributed by atoms with E-state index in [4.69, 9.17) is 4.74 Å². The van der Waals surface area contributed by atoms with Crippen molar-refractivity contribution in [2.45, 2.75) is 38.3 Å². The number of ether oxygens (including phenoxy) is 1. The molecule has 2 fully saturated rings. The fraction of sp³-hybridized carbons (Fsp3) is 0.529. The van der Waals surface area contributed by atoms with Crippen molar-refractivity contribution in [2.75, 3.05) is 23.0 Å². The number of nitrogens with zero attached hydrogens (tertiary/aromatic N) is 5. The third-order valence-corrected chi connectivity index (χ3v) is 6.35. The van der Waals surface area contributed by atoms with Crippen LogP contribution in [0.3, 0.4) is 0 Å². The van der Waals surface area contributed by atoms with E-state index in [0.29, 0.717) is 30.2 Å². The molecule has 4 rings (SSSR count). The normalized spacial score (nSPS) is 25.2. The molecule has 150 valence electrons. The van der Waals surface area contributed by atoms with Gasteiger partial charge in [0.15, 0.2) is 5.82 Å². The highest BCUT2D eigenvalue weighted by Crippen LogP contribution is 2.35. The molecular weight excluding hydrogens is 392 g/mol. The van der Waals surface area contributed by atoms with Gasteiger partial charge < -0.3 is 4.74 Å². The summed E-state index contributed by atoms with van der Waals surface area (Å²) in [4.78, 5) is 14.7. The van der Waals surface area contributed by atoms with Gasteiger partial charge in [-0.05, 0) is 43.0 Å². The molecule has 11 heteroatoms. The number of anilines is 1. The summed E-state index contributed by atoms with van der Waals surface area (Å²) in [5.41, 5.74) is 0.111. The van der Waals surface area contributed by atoms with Crippen LogP contribution in [0.15, 0.2) is 12.1 Å². The van der Waals surface area contributed by atoms with E-state index in [1.54, 1.807) is 6.92 Å². The Morgan fingerprint density at radius 1 is 1.25 bits per heavy atom. The average molecular weight is 411 g/mol. The number of aryl methyl sites for hydroxylation is 1. The molecule has 0 bridgehead atoms. The Hall–Kier alpha value is -2.43. The summed E-state index contributed by atoms with van der Waals surface area (Å²) in [6.07, 6.45) is -0.266. The number of rotatable bonds is 4. The van der Waals surface area contributed by atoms with Crippen LogP contribution in [-0.4, -0.2) is 54.7 Å². The second-order valence-corrected chi connectivity index (χ2v) is 8.65. The van der Waals surface area contributed by atoms with Gasteiger partial charge in [0.05, 0.1) is 12.2 Å². The first-order valence-corrected chi connectivity index (χ1v) is 10.5. The summed E-state index contributed by atoms with van der Waals surface area (Å²) in [5, 5.41) is 11.6. The number of hydrogen-bond acceptors (Lipinski definition) is 6. The van der Waals surface area contributed by atoms with Gasteiger partial charge in [-0.1, -0.05) is 0 Å². The van der Waals surface area contributed by atoms with Gasteiger partial charge in [0.2, 0.25) is 0 Å². The van der Waals surface area contributed by atoms with E-state index in [1.807, 2.05) is 0 Å². The fourth-order valence-electron chi connectivity index (χ4n) is 3.61. The smallest absolute Gasteiger partial charge is 0.414 e. The van der Waals surface area contributed by atoms with E-state index in [-0.39, 0.29) is 30.3 Å². The van der Waals surface area contributed by atoms with Crippen LogP contribution in [0.2, 0.25) is 0 Å². The SMILES string of the molecule is Cc1nnn(C[C@H]2CN(c3cc(F)c(C4CCS(=O)CC4)c(F)c3)C(=O)O2)n1. The zero-order valence-corrected chi connectivity index (χ0v) is 16.0. The molecule has 1 aromatic heterocycles. The number of carbonyl (C=O) groups is 1. The van der Waals surface area contributed by atoms with Gasteiger partial charge in [0, 0.05) is 27.9 Å². The van der Waals surface area contributed by atoms with Crippen molar-refractivity contribution in [2.24, 2.45) is 0 Å². The van der Waals surface area contributed by atoms with Crippen LogP contribution in [0, 0.1) is 18.6 Å². The van der Waals surface area contributed by atoms with Gasteiger partial charge in [-0.2, -0.15) is 4.80 Å². The Balaban J connectivity index is 1.51. The average Bonchev–Trinajstić information content (AvgIpc) is 3.21. The third-order valence-electron chi connectivity index (χ3n) is 4.97. The highest BCUT2D eigenvalue weighted by molar-refractivity contribution is 7.85. The number of benzene rings is 1. The standard InChI is InChI=1S/C17H19F2N5O3S/c1-10-20-22-24(21-10)9-13-8-23(17(25)27-13)12-6-14(18)16(15(19)7-12)11-2-4-28(26)5-3-11/h6-7,11,13H,2-5,8-9H2,1H3/t11?,13-,28?/m1/s1. The highest BCUT2D eigenvalue weighted by atomic mass is 32.2. The molecule has 1 amide bonds. The molecule has 0 saturated carbocycles. The minimum absolute atomic E-state index is 0.00635. The summed E-state index contributed by atoms with van der Waals surface area (Å²) in [5.74, 6) is -0.309. The molecule has 1 aromatic carbocycles. The monoisotopic (exact) mass is 411 g/mol. The zero-order valence-electron chi connectivity index (χ0n) is 15.2. The van der Waals surface area contributed by atoms with Crippen molar-refractivity contribution < 1.29 is 22.5 Å². The largest absolute Gasteiger partial charge is 0.442 e. The lowest BCUT2D eigenvalue weighted by molar-refractivity contribution is 0.126. The lowest BCUT2D eigenvalue weighted by Gasteiger charge is -2.23. The first-order valence-electron chi connectivity index (χ1n) is 8.97. The topological polar surface area (TPSA) is 90.2 Å². The van der Waals surface area contributed by atoms with Crippen molar-refractivity contribution in [1.82, 2.24) is 20.2 Å². The lowest BCUT2D eigenvalue weighted by atomic mass is 9.92. The van der Waals surface area contributed by atoms with Crippen LogP contribution in [0.5, 0.6) is 0 Å². The second kappa shape index (κ2) is 7.53. The molecule has 2 aliphatic heterocycles. The Morgan fingerprint density at radius 2 is 1.93 bits per heavy atom. The minimum Gasteiger partial charge on any atom is -0.442 e. The van der Waals surface area contributed by atoms with Gasteiger partial charge >= 0.3 is 6.09 Å². The molecule has 0 spiro atoms. The van der Waals surface area contributed by atoms with E-state index in [1.165, 1.54) is 9.70 Å². The van der Waals surface area contributed by atoms with Crippen LogP contribution >= 0.6 is 0 Å². The molecule has 0 aliphatic carbocycles. The van der Waals surface area contributed by atoms with Crippen molar-refractivity contribution >= 4 is 22.6 Å². The summed E-state index contributed by atoms with van der Waals surface area (Å²) >= 11 is 0. The van der Waals surface area contributed by atoms with Crippen molar-refractivity contribution in [1.29, 1.82) is 0 Å². The molecule has 2 aromatic rings. The predicted molar refractivity (Wildman–Crippen MR) is 96.4 cm³/mol. The van der Waals surface area contributed by atoms with E-state index in [9.17, 15) is 17.8 Å². The first-order chi connectivity index (χ1) is 13.4. The summed E-state index contributed by atoms with van der Waals surface area (Å²) in [6, 6.07) is 2.32. The Bertz CT molecular complexity index is 904. The molecule has 1 atom stereocenters. The van der Waals surface area contributed by atoms with Crippen molar-refractivity contribution in [3.05, 3.63) is 35.2 Å². The van der Waals surface area contributed by atoms with Crippen LogP contribution in [-0.2, 0) is 22.1 Å². The maximum Gasteiger partial charge on any atom is 0.414 e. The molecule has 28 heavy (non-hydrogen) atoms. The molecular formula is C17H19F2N5O3S. The Labute approximate surface area is 162 Å². The second-order valence-electron chi connectivity index (χ2n) is 6.95. The zero-order chi connectivity index (χ0) is 19.8. The maximum atomic E-state index is 14.7. The number of halogens is 2. The Kier molecular flexibility index (Phi) is 5.09. The fourth-order valence-corrected chi connectivity index (χ4v) is 4.91. The van der Waals surface area contributed by atoms with Crippen LogP contribution < -0.4 is 4.90 Å². The maximum absolute atomic E-state index is 14.7. The van der Waals surface area contributed by atoms with E-state index < -0.39 is 34.6 Å². The van der Waals surface area contributed by atoms with Gasteiger partial charge in [-0.15, -0.1) is 10.2 Å². The third kappa shape index (κ3) is 3.75. The number of carbonyl (C=O) groups excluding carboxylic acids is 1. The van der Waals surface area contributed by atoms with E-state index in [0.717, 1.165) is 12.1 Å². The van der Waals surface area contributed by atoms with Crippen LogP contribution in [0.4, 0.5) is 19.3 Å². The Morgan fingerprint density at radius 3 is 2.54 bits per heavy atom. The summed E-state index contributed by atoms with van der Waals surface area (Å²) in [7, 11) is -0.909. The van der Waals surface area contributed by atoms with Gasteiger partial charge in [0.25, 0.3) is 0 Å². The van der Waals surface area contributed by atoms with Crippen molar-refractivity contribution in [3.63, 3.8) is 0 Å². The molecule has 0 unspecified atom stereocenters. The number of hydrogen-bond donors (Lipinski definition) is 0. The van der Waals surface area contributed by atoms with E-state index >= 15 is 0 Å². The lowest BCUT2D eigenvalue weighted by Crippen LogP contribution is -2.27.